The third kappa shape index (κ3) is 19.0. The van der Waals surface area contributed by atoms with Gasteiger partial charge < -0.3 is 4.90 Å². The summed E-state index contributed by atoms with van der Waals surface area (Å²) in [6.07, 6.45) is 35.3. The van der Waals surface area contributed by atoms with E-state index in [0.29, 0.717) is 0 Å². The molecule has 1 fully saturated rings. The first kappa shape index (κ1) is 30.2. The average molecular weight is 444 g/mol. The van der Waals surface area contributed by atoms with Crippen molar-refractivity contribution in [2.24, 2.45) is 0 Å². The maximum Gasteiger partial charge on any atom is 0.00922 e. The molecule has 0 bridgehead atoms. The number of halogens is 1. The van der Waals surface area contributed by atoms with Crippen molar-refractivity contribution in [3.63, 3.8) is 0 Å². The Kier molecular flexibility index (Phi) is 24.1. The van der Waals surface area contributed by atoms with Gasteiger partial charge in [-0.1, -0.05) is 142 Å². The van der Waals surface area contributed by atoms with Crippen molar-refractivity contribution in [3.05, 3.63) is 0 Å². The van der Waals surface area contributed by atoms with Gasteiger partial charge in [0.1, 0.15) is 0 Å². The lowest BCUT2D eigenvalue weighted by Crippen LogP contribution is -2.29. The number of rotatable bonds is 22. The third-order valence-electron chi connectivity index (χ3n) is 7.31. The standard InChI is InChI=1S/C28H57N.ClH/c1-3-4-5-6-7-8-9-10-11-12-13-14-15-16-17-18-19-20-21-24-27-29(2)28-25-22-23-26-28;/h28H,3-27H2,1-2H3;1H. The Bertz CT molecular complexity index is 314. The largest absolute Gasteiger partial charge is 0.303 e. The van der Waals surface area contributed by atoms with Crippen molar-refractivity contribution in [1.29, 1.82) is 0 Å². The summed E-state index contributed by atoms with van der Waals surface area (Å²) in [5, 5.41) is 0. The van der Waals surface area contributed by atoms with Crippen molar-refractivity contribution < 1.29 is 0 Å². The Morgan fingerprint density at radius 2 is 0.800 bits per heavy atom. The Morgan fingerprint density at radius 1 is 0.500 bits per heavy atom. The summed E-state index contributed by atoms with van der Waals surface area (Å²) in [7, 11) is 2.35. The van der Waals surface area contributed by atoms with Crippen LogP contribution in [0.2, 0.25) is 0 Å². The number of unbranched alkanes of at least 4 members (excludes halogenated alkanes) is 19. The van der Waals surface area contributed by atoms with Crippen LogP contribution in [0.3, 0.4) is 0 Å². The first-order chi connectivity index (χ1) is 14.3. The van der Waals surface area contributed by atoms with E-state index < -0.39 is 0 Å². The van der Waals surface area contributed by atoms with Gasteiger partial charge in [0, 0.05) is 6.04 Å². The summed E-state index contributed by atoms with van der Waals surface area (Å²) in [4.78, 5) is 2.64. The minimum Gasteiger partial charge on any atom is -0.303 e. The minimum absolute atomic E-state index is 0. The van der Waals surface area contributed by atoms with Crippen molar-refractivity contribution >= 4 is 12.4 Å². The van der Waals surface area contributed by atoms with Gasteiger partial charge in [-0.2, -0.15) is 0 Å². The molecule has 0 heterocycles. The van der Waals surface area contributed by atoms with Crippen LogP contribution in [0.1, 0.15) is 161 Å². The Labute approximate surface area is 197 Å². The van der Waals surface area contributed by atoms with E-state index in [1.54, 1.807) is 0 Å². The van der Waals surface area contributed by atoms with Crippen LogP contribution in [0.15, 0.2) is 0 Å². The smallest absolute Gasteiger partial charge is 0.00922 e. The van der Waals surface area contributed by atoms with Gasteiger partial charge >= 0.3 is 0 Å². The highest BCUT2D eigenvalue weighted by molar-refractivity contribution is 5.85. The van der Waals surface area contributed by atoms with Gasteiger partial charge in [0.2, 0.25) is 0 Å². The topological polar surface area (TPSA) is 3.24 Å². The molecule has 182 valence electrons. The Hall–Kier alpha value is 0.250. The molecule has 0 unspecified atom stereocenters. The molecule has 1 saturated carbocycles. The van der Waals surface area contributed by atoms with Crippen molar-refractivity contribution in [3.8, 4) is 0 Å². The molecule has 2 heteroatoms. The fourth-order valence-electron chi connectivity index (χ4n) is 5.14. The molecule has 0 aromatic heterocycles. The zero-order valence-electron chi connectivity index (χ0n) is 21.1. The number of hydrogen-bond acceptors (Lipinski definition) is 1. The van der Waals surface area contributed by atoms with E-state index >= 15 is 0 Å². The SMILES string of the molecule is CCCCCCCCCCCCCCCCCCCCCCN(C)C1CCCC1.Cl. The summed E-state index contributed by atoms with van der Waals surface area (Å²) in [6, 6.07) is 0.912. The van der Waals surface area contributed by atoms with Crippen LogP contribution >= 0.6 is 12.4 Å². The monoisotopic (exact) mass is 443 g/mol. The molecule has 1 rings (SSSR count). The Balaban J connectivity index is 0.00000841. The van der Waals surface area contributed by atoms with Crippen LogP contribution in [0.5, 0.6) is 0 Å². The van der Waals surface area contributed by atoms with Crippen LogP contribution in [0, 0.1) is 0 Å². The zero-order chi connectivity index (χ0) is 20.8. The van der Waals surface area contributed by atoms with Gasteiger partial charge in [-0.3, -0.25) is 0 Å². The average Bonchev–Trinajstić information content (AvgIpc) is 3.27. The summed E-state index contributed by atoms with van der Waals surface area (Å²) in [5.74, 6) is 0. The minimum atomic E-state index is 0. The second-order valence-corrected chi connectivity index (χ2v) is 10.1. The van der Waals surface area contributed by atoms with E-state index in [-0.39, 0.29) is 12.4 Å². The molecule has 0 aromatic carbocycles. The maximum absolute atomic E-state index is 2.64. The van der Waals surface area contributed by atoms with Gasteiger partial charge in [-0.25, -0.2) is 0 Å². The van der Waals surface area contributed by atoms with Gasteiger partial charge in [0.25, 0.3) is 0 Å². The predicted octanol–water partition coefficient (Wildman–Crippen LogP) is 10.1. The molecular formula is C28H58ClN. The molecule has 30 heavy (non-hydrogen) atoms. The summed E-state index contributed by atoms with van der Waals surface area (Å²) < 4.78 is 0. The Morgan fingerprint density at radius 3 is 1.13 bits per heavy atom. The van der Waals surface area contributed by atoms with Crippen molar-refractivity contribution in [2.45, 2.75) is 167 Å². The van der Waals surface area contributed by atoms with E-state index in [1.807, 2.05) is 0 Å². The summed E-state index contributed by atoms with van der Waals surface area (Å²) in [5.41, 5.74) is 0. The molecule has 0 amide bonds. The lowest BCUT2D eigenvalue weighted by molar-refractivity contribution is 0.240. The quantitative estimate of drug-likeness (QED) is 0.150. The van der Waals surface area contributed by atoms with Gasteiger partial charge in [-0.15, -0.1) is 12.4 Å². The van der Waals surface area contributed by atoms with Crippen molar-refractivity contribution in [1.82, 2.24) is 4.90 Å². The fraction of sp³-hybridized carbons (Fsp3) is 1.00. The molecule has 1 aliphatic carbocycles. The molecule has 0 saturated heterocycles. The van der Waals surface area contributed by atoms with E-state index in [1.165, 1.54) is 161 Å². The fourth-order valence-corrected chi connectivity index (χ4v) is 5.14. The third-order valence-corrected chi connectivity index (χ3v) is 7.31. The molecule has 0 radical (unpaired) electrons. The molecule has 0 N–H and O–H groups in total. The van der Waals surface area contributed by atoms with Crippen molar-refractivity contribution in [2.75, 3.05) is 13.6 Å². The van der Waals surface area contributed by atoms with Crippen LogP contribution in [-0.2, 0) is 0 Å². The first-order valence-electron chi connectivity index (χ1n) is 14.0. The van der Waals surface area contributed by atoms with Gasteiger partial charge in [0.15, 0.2) is 0 Å². The van der Waals surface area contributed by atoms with Gasteiger partial charge in [-0.05, 0) is 32.9 Å². The second-order valence-electron chi connectivity index (χ2n) is 10.1. The summed E-state index contributed by atoms with van der Waals surface area (Å²) >= 11 is 0. The lowest BCUT2D eigenvalue weighted by atomic mass is 10.0. The van der Waals surface area contributed by atoms with E-state index in [4.69, 9.17) is 0 Å². The second kappa shape index (κ2) is 23.9. The molecular weight excluding hydrogens is 386 g/mol. The highest BCUT2D eigenvalue weighted by Crippen LogP contribution is 2.22. The van der Waals surface area contributed by atoms with Crippen LogP contribution in [0.25, 0.3) is 0 Å². The molecule has 1 nitrogen and oxygen atoms in total. The molecule has 0 aromatic rings. The molecule has 0 spiro atoms. The van der Waals surface area contributed by atoms with E-state index in [0.717, 1.165) is 6.04 Å². The number of hydrogen-bond donors (Lipinski definition) is 0. The maximum atomic E-state index is 2.64. The molecule has 0 aliphatic heterocycles. The molecule has 1 aliphatic rings. The normalized spacial score (nSPS) is 14.5. The summed E-state index contributed by atoms with van der Waals surface area (Å²) in [6.45, 7) is 3.64. The number of nitrogens with zero attached hydrogens (tertiary/aromatic N) is 1. The zero-order valence-corrected chi connectivity index (χ0v) is 21.9. The van der Waals surface area contributed by atoms with E-state index in [2.05, 4.69) is 18.9 Å². The van der Waals surface area contributed by atoms with Gasteiger partial charge in [0.05, 0.1) is 0 Å². The first-order valence-corrected chi connectivity index (χ1v) is 14.0. The van der Waals surface area contributed by atoms with Crippen LogP contribution in [-0.4, -0.2) is 24.5 Å². The highest BCUT2D eigenvalue weighted by atomic mass is 35.5. The lowest BCUT2D eigenvalue weighted by Gasteiger charge is -2.23. The van der Waals surface area contributed by atoms with E-state index in [9.17, 15) is 0 Å². The molecule has 0 atom stereocenters. The van der Waals surface area contributed by atoms with Crippen LogP contribution < -0.4 is 0 Å². The highest BCUT2D eigenvalue weighted by Gasteiger charge is 2.18. The van der Waals surface area contributed by atoms with Crippen LogP contribution in [0.4, 0.5) is 0 Å². The predicted molar refractivity (Wildman–Crippen MR) is 140 cm³/mol.